The summed E-state index contributed by atoms with van der Waals surface area (Å²) in [5.41, 5.74) is -0.254. The molecular weight excluding hydrogens is 278 g/mol. The molecule has 0 unspecified atom stereocenters. The van der Waals surface area contributed by atoms with Crippen molar-refractivity contribution in [3.63, 3.8) is 0 Å². The summed E-state index contributed by atoms with van der Waals surface area (Å²) in [6.07, 6.45) is 0. The molecule has 1 heterocycles. The number of amides is 1. The first-order valence-corrected chi connectivity index (χ1v) is 6.95. The zero-order chi connectivity index (χ0) is 15.5. The van der Waals surface area contributed by atoms with Gasteiger partial charge in [0.15, 0.2) is 0 Å². The van der Waals surface area contributed by atoms with Crippen molar-refractivity contribution < 1.29 is 18.3 Å². The normalized spacial score (nSPS) is 16.8. The van der Waals surface area contributed by atoms with E-state index in [0.717, 1.165) is 31.3 Å². The van der Waals surface area contributed by atoms with Crippen LogP contribution in [0.15, 0.2) is 18.2 Å². The first-order valence-electron chi connectivity index (χ1n) is 6.95. The number of rotatable bonds is 4. The SMILES string of the molecule is CC(C)(CNC(=O)c1cc(F)cc(F)c1)N1CCOCC1. The second kappa shape index (κ2) is 6.49. The highest BCUT2D eigenvalue weighted by Crippen LogP contribution is 2.15. The van der Waals surface area contributed by atoms with Crippen LogP contribution in [0, 0.1) is 11.6 Å². The van der Waals surface area contributed by atoms with Crippen LogP contribution in [0.5, 0.6) is 0 Å². The van der Waals surface area contributed by atoms with Crippen LogP contribution in [0.4, 0.5) is 8.78 Å². The van der Waals surface area contributed by atoms with Crippen LogP contribution < -0.4 is 5.32 Å². The van der Waals surface area contributed by atoms with E-state index >= 15 is 0 Å². The van der Waals surface area contributed by atoms with Crippen molar-refractivity contribution in [3.05, 3.63) is 35.4 Å². The molecule has 2 rings (SSSR count). The molecule has 0 aliphatic carbocycles. The summed E-state index contributed by atoms with van der Waals surface area (Å²) in [6, 6.07) is 2.80. The van der Waals surface area contributed by atoms with E-state index < -0.39 is 17.5 Å². The minimum Gasteiger partial charge on any atom is -0.379 e. The lowest BCUT2D eigenvalue weighted by Gasteiger charge is -2.40. The number of morpholine rings is 1. The van der Waals surface area contributed by atoms with Crippen molar-refractivity contribution in [1.29, 1.82) is 0 Å². The monoisotopic (exact) mass is 298 g/mol. The van der Waals surface area contributed by atoms with Crippen molar-refractivity contribution in [1.82, 2.24) is 10.2 Å². The van der Waals surface area contributed by atoms with Crippen LogP contribution in [0.2, 0.25) is 0 Å². The Kier molecular flexibility index (Phi) is 4.90. The molecule has 1 saturated heterocycles. The van der Waals surface area contributed by atoms with Crippen molar-refractivity contribution in [2.45, 2.75) is 19.4 Å². The summed E-state index contributed by atoms with van der Waals surface area (Å²) < 4.78 is 31.5. The second-order valence-corrected chi connectivity index (χ2v) is 5.75. The molecule has 1 fully saturated rings. The standard InChI is InChI=1S/C15H20F2N2O2/c1-15(2,19-3-5-21-6-4-19)10-18-14(20)11-7-12(16)9-13(17)8-11/h7-9H,3-6,10H2,1-2H3,(H,18,20). The van der Waals surface area contributed by atoms with Crippen LogP contribution in [0.25, 0.3) is 0 Å². The average Bonchev–Trinajstić information content (AvgIpc) is 2.45. The van der Waals surface area contributed by atoms with E-state index in [4.69, 9.17) is 4.74 Å². The van der Waals surface area contributed by atoms with Gasteiger partial charge in [-0.15, -0.1) is 0 Å². The predicted octanol–water partition coefficient (Wildman–Crippen LogP) is 1.81. The fourth-order valence-corrected chi connectivity index (χ4v) is 2.36. The van der Waals surface area contributed by atoms with Gasteiger partial charge in [-0.3, -0.25) is 9.69 Å². The van der Waals surface area contributed by atoms with Crippen molar-refractivity contribution in [3.8, 4) is 0 Å². The number of nitrogens with one attached hydrogen (secondary N) is 1. The van der Waals surface area contributed by atoms with Crippen molar-refractivity contribution >= 4 is 5.91 Å². The van der Waals surface area contributed by atoms with Crippen LogP contribution in [0.1, 0.15) is 24.2 Å². The molecular formula is C15H20F2N2O2. The number of hydrogen-bond donors (Lipinski definition) is 1. The summed E-state index contributed by atoms with van der Waals surface area (Å²) >= 11 is 0. The third-order valence-corrected chi connectivity index (χ3v) is 3.67. The van der Waals surface area contributed by atoms with Crippen LogP contribution in [-0.4, -0.2) is 49.2 Å². The molecule has 1 aliphatic heterocycles. The van der Waals surface area contributed by atoms with E-state index in [2.05, 4.69) is 10.2 Å². The van der Waals surface area contributed by atoms with Gasteiger partial charge in [-0.1, -0.05) is 0 Å². The Hall–Kier alpha value is -1.53. The highest BCUT2D eigenvalue weighted by Gasteiger charge is 2.28. The molecule has 1 aromatic rings. The van der Waals surface area contributed by atoms with Gasteiger partial charge in [0, 0.05) is 36.8 Å². The van der Waals surface area contributed by atoms with E-state index in [1.165, 1.54) is 0 Å². The number of hydrogen-bond acceptors (Lipinski definition) is 3. The van der Waals surface area contributed by atoms with E-state index in [9.17, 15) is 13.6 Å². The Morgan fingerprint density at radius 3 is 2.38 bits per heavy atom. The number of carbonyl (C=O) groups excluding carboxylic acids is 1. The maximum absolute atomic E-state index is 13.1. The smallest absolute Gasteiger partial charge is 0.251 e. The van der Waals surface area contributed by atoms with Gasteiger partial charge < -0.3 is 10.1 Å². The molecule has 1 aromatic carbocycles. The summed E-state index contributed by atoms with van der Waals surface area (Å²) in [6.45, 7) is 7.38. The van der Waals surface area contributed by atoms with Crippen LogP contribution >= 0.6 is 0 Å². The van der Waals surface area contributed by atoms with Gasteiger partial charge >= 0.3 is 0 Å². The molecule has 0 radical (unpaired) electrons. The third kappa shape index (κ3) is 4.22. The summed E-state index contributed by atoms with van der Waals surface area (Å²) in [4.78, 5) is 14.2. The Balaban J connectivity index is 1.96. The van der Waals surface area contributed by atoms with E-state index in [0.29, 0.717) is 19.8 Å². The van der Waals surface area contributed by atoms with E-state index in [-0.39, 0.29) is 11.1 Å². The molecule has 0 bridgehead atoms. The fourth-order valence-electron chi connectivity index (χ4n) is 2.36. The molecule has 0 aromatic heterocycles. The molecule has 1 aliphatic rings. The van der Waals surface area contributed by atoms with Gasteiger partial charge in [0.25, 0.3) is 5.91 Å². The van der Waals surface area contributed by atoms with Gasteiger partial charge in [0.1, 0.15) is 11.6 Å². The molecule has 0 spiro atoms. The fraction of sp³-hybridized carbons (Fsp3) is 0.533. The number of halogens is 2. The first-order chi connectivity index (χ1) is 9.88. The first kappa shape index (κ1) is 15.9. The highest BCUT2D eigenvalue weighted by molar-refractivity contribution is 5.94. The minimum atomic E-state index is -0.757. The molecule has 1 N–H and O–H groups in total. The summed E-state index contributed by atoms with van der Waals surface area (Å²) in [7, 11) is 0. The van der Waals surface area contributed by atoms with E-state index in [1.807, 2.05) is 13.8 Å². The zero-order valence-electron chi connectivity index (χ0n) is 12.3. The Morgan fingerprint density at radius 1 is 1.24 bits per heavy atom. The predicted molar refractivity (Wildman–Crippen MR) is 75.2 cm³/mol. The number of ether oxygens (including phenoxy) is 1. The van der Waals surface area contributed by atoms with Crippen molar-refractivity contribution in [2.75, 3.05) is 32.8 Å². The topological polar surface area (TPSA) is 41.6 Å². The number of benzene rings is 1. The minimum absolute atomic E-state index is 0.00900. The van der Waals surface area contributed by atoms with Gasteiger partial charge in [-0.05, 0) is 26.0 Å². The zero-order valence-corrected chi connectivity index (χ0v) is 12.3. The molecule has 21 heavy (non-hydrogen) atoms. The van der Waals surface area contributed by atoms with Crippen LogP contribution in [-0.2, 0) is 4.74 Å². The second-order valence-electron chi connectivity index (χ2n) is 5.75. The molecule has 4 nitrogen and oxygen atoms in total. The Morgan fingerprint density at radius 2 is 1.81 bits per heavy atom. The Labute approximate surface area is 123 Å². The summed E-state index contributed by atoms with van der Waals surface area (Å²) in [5.74, 6) is -1.99. The largest absolute Gasteiger partial charge is 0.379 e. The summed E-state index contributed by atoms with van der Waals surface area (Å²) in [5, 5.41) is 2.74. The maximum atomic E-state index is 13.1. The van der Waals surface area contributed by atoms with Gasteiger partial charge in [0.2, 0.25) is 0 Å². The Bertz CT molecular complexity index is 494. The van der Waals surface area contributed by atoms with E-state index in [1.54, 1.807) is 0 Å². The van der Waals surface area contributed by atoms with Crippen LogP contribution in [0.3, 0.4) is 0 Å². The molecule has 0 atom stereocenters. The lowest BCUT2D eigenvalue weighted by atomic mass is 10.0. The maximum Gasteiger partial charge on any atom is 0.251 e. The molecule has 1 amide bonds. The van der Waals surface area contributed by atoms with Gasteiger partial charge in [-0.2, -0.15) is 0 Å². The molecule has 116 valence electrons. The lowest BCUT2D eigenvalue weighted by Crippen LogP contribution is -2.55. The van der Waals surface area contributed by atoms with Gasteiger partial charge in [-0.25, -0.2) is 8.78 Å². The average molecular weight is 298 g/mol. The molecule has 6 heteroatoms. The quantitative estimate of drug-likeness (QED) is 0.921. The third-order valence-electron chi connectivity index (χ3n) is 3.67. The lowest BCUT2D eigenvalue weighted by molar-refractivity contribution is -0.00923. The number of carbonyl (C=O) groups is 1. The van der Waals surface area contributed by atoms with Gasteiger partial charge in [0.05, 0.1) is 13.2 Å². The number of nitrogens with zero attached hydrogens (tertiary/aromatic N) is 1. The van der Waals surface area contributed by atoms with Crippen molar-refractivity contribution in [2.24, 2.45) is 0 Å². The molecule has 0 saturated carbocycles. The highest BCUT2D eigenvalue weighted by atomic mass is 19.1.